The van der Waals surface area contributed by atoms with Crippen molar-refractivity contribution in [2.75, 3.05) is 44.1 Å². The Morgan fingerprint density at radius 1 is 0.956 bits per heavy atom. The van der Waals surface area contributed by atoms with Gasteiger partial charge < -0.3 is 29.0 Å². The number of ether oxygens (including phenoxy) is 3. The highest BCUT2D eigenvalue weighted by Gasteiger charge is 2.28. The number of carbonyl (C=O) groups is 1. The standard InChI is InChI=1S/C30H54N5O7PS2/c1-4-5-6-7-8-9-10-11-12-13-14-15-16-17-19-45(44)20-18-41-43(37,42-24-39-30(36)38-3)25-40-26(2)21-35-23-34-27-28(31)32-22-33-29(27)35/h22-23,26H,4-21,24-25H2,1-3H3,(H2,31,32,33)/t26-,43?,45?/m1/s1. The van der Waals surface area contributed by atoms with Gasteiger partial charge in [-0.3, -0.25) is 9.09 Å². The number of unbranched alkanes of at least 4 members (excludes halogenated alkanes) is 13. The Morgan fingerprint density at radius 3 is 2.20 bits per heavy atom. The van der Waals surface area contributed by atoms with Crippen molar-refractivity contribution in [1.82, 2.24) is 19.5 Å². The number of rotatable bonds is 27. The Kier molecular flexibility index (Phi) is 20.7. The summed E-state index contributed by atoms with van der Waals surface area (Å²) in [7, 11) is -2.88. The molecule has 258 valence electrons. The molecule has 15 heteroatoms. The molecule has 2 aromatic heterocycles. The zero-order valence-corrected chi connectivity index (χ0v) is 29.9. The lowest BCUT2D eigenvalue weighted by molar-refractivity contribution is -0.00000383. The molecule has 0 amide bonds. The highest BCUT2D eigenvalue weighted by Crippen LogP contribution is 2.48. The van der Waals surface area contributed by atoms with E-state index in [2.05, 4.69) is 26.6 Å². The maximum Gasteiger partial charge on any atom is 0.510 e. The Balaban J connectivity index is 1.64. The molecular weight excluding hydrogens is 637 g/mol. The van der Waals surface area contributed by atoms with Gasteiger partial charge in [-0.25, -0.2) is 19.7 Å². The van der Waals surface area contributed by atoms with Crippen LogP contribution in [0.4, 0.5) is 10.6 Å². The first-order chi connectivity index (χ1) is 21.8. The number of hydrogen-bond donors (Lipinski definition) is 1. The number of carbonyl (C=O) groups excluding carboxylic acids is 1. The van der Waals surface area contributed by atoms with Crippen LogP contribution in [-0.2, 0) is 55.0 Å². The van der Waals surface area contributed by atoms with Crippen molar-refractivity contribution >= 4 is 51.4 Å². The second-order valence-electron chi connectivity index (χ2n) is 11.2. The molecule has 2 rings (SSSR count). The molecule has 0 aliphatic carbocycles. The molecule has 2 unspecified atom stereocenters. The van der Waals surface area contributed by atoms with Gasteiger partial charge in [0.05, 0.1) is 32.7 Å². The average molecular weight is 692 g/mol. The second kappa shape index (κ2) is 23.6. The van der Waals surface area contributed by atoms with Crippen LogP contribution < -0.4 is 5.73 Å². The van der Waals surface area contributed by atoms with Crippen molar-refractivity contribution in [2.45, 2.75) is 116 Å². The topological polar surface area (TPSA) is 150 Å². The van der Waals surface area contributed by atoms with Crippen LogP contribution in [0.15, 0.2) is 12.7 Å². The third-order valence-corrected chi connectivity index (χ3v) is 11.2. The fourth-order valence-corrected chi connectivity index (χ4v) is 7.66. The van der Waals surface area contributed by atoms with Crippen molar-refractivity contribution in [1.29, 1.82) is 0 Å². The largest absolute Gasteiger partial charge is 0.510 e. The second-order valence-corrected chi connectivity index (χ2v) is 16.3. The van der Waals surface area contributed by atoms with Gasteiger partial charge in [0.2, 0.25) is 6.79 Å². The summed E-state index contributed by atoms with van der Waals surface area (Å²) in [5, 5.41) is 0. The first-order valence-corrected chi connectivity index (χ1v) is 20.5. The van der Waals surface area contributed by atoms with E-state index in [1.54, 1.807) is 10.9 Å². The first-order valence-electron chi connectivity index (χ1n) is 16.2. The smallest absolute Gasteiger partial charge is 0.438 e. The molecule has 0 bridgehead atoms. The molecule has 45 heavy (non-hydrogen) atoms. The maximum atomic E-state index is 13.4. The number of methoxy groups -OCH3 is 1. The zero-order valence-electron chi connectivity index (χ0n) is 27.4. The summed E-state index contributed by atoms with van der Waals surface area (Å²) < 4.78 is 41.2. The normalized spacial score (nSPS) is 14.3. The van der Waals surface area contributed by atoms with Crippen LogP contribution in [0.25, 0.3) is 11.2 Å². The van der Waals surface area contributed by atoms with Gasteiger partial charge in [-0.1, -0.05) is 102 Å². The van der Waals surface area contributed by atoms with Gasteiger partial charge in [0.25, 0.3) is 0 Å². The summed E-state index contributed by atoms with van der Waals surface area (Å²) in [5.41, 5.74) is 6.92. The van der Waals surface area contributed by atoms with E-state index < -0.39 is 26.6 Å². The molecule has 2 N–H and O–H groups in total. The van der Waals surface area contributed by atoms with E-state index >= 15 is 0 Å². The van der Waals surface area contributed by atoms with Crippen molar-refractivity contribution in [2.24, 2.45) is 0 Å². The lowest BCUT2D eigenvalue weighted by atomic mass is 10.0. The SMILES string of the molecule is CCCCCCCCCCCCCCCCS(=S)CCOP(=O)(CO[C@H](C)Cn1cnc2c(N)ncnc21)OCOC(=O)OC. The van der Waals surface area contributed by atoms with Crippen LogP contribution in [0.5, 0.6) is 0 Å². The Morgan fingerprint density at radius 2 is 1.58 bits per heavy atom. The van der Waals surface area contributed by atoms with Gasteiger partial charge in [-0.05, 0) is 19.1 Å². The van der Waals surface area contributed by atoms with Crippen LogP contribution in [0, 0.1) is 0 Å². The highest BCUT2D eigenvalue weighted by molar-refractivity contribution is 8.28. The quantitative estimate of drug-likeness (QED) is 0.0433. The molecule has 3 atom stereocenters. The molecule has 0 fully saturated rings. The molecule has 0 saturated carbocycles. The minimum absolute atomic E-state index is 0.154. The van der Waals surface area contributed by atoms with Gasteiger partial charge in [-0.2, -0.15) is 0 Å². The number of fused-ring (bicyclic) bond motifs is 1. The molecule has 0 saturated heterocycles. The third kappa shape index (κ3) is 17.1. The summed E-state index contributed by atoms with van der Waals surface area (Å²) in [6.07, 6.45) is 19.7. The minimum atomic E-state index is -3.77. The minimum Gasteiger partial charge on any atom is -0.438 e. The van der Waals surface area contributed by atoms with Crippen LogP contribution in [-0.4, -0.2) is 70.1 Å². The van der Waals surface area contributed by atoms with Gasteiger partial charge >= 0.3 is 13.8 Å². The van der Waals surface area contributed by atoms with Gasteiger partial charge in [0.1, 0.15) is 18.2 Å². The Hall–Kier alpha value is -1.70. The molecule has 0 aliphatic rings. The van der Waals surface area contributed by atoms with Crippen molar-refractivity contribution in [3.05, 3.63) is 12.7 Å². The van der Waals surface area contributed by atoms with E-state index in [0.717, 1.165) is 12.2 Å². The fraction of sp³-hybridized carbons (Fsp3) is 0.800. The van der Waals surface area contributed by atoms with Gasteiger partial charge in [0, 0.05) is 5.75 Å². The Labute approximate surface area is 276 Å². The number of nitrogens with zero attached hydrogens (tertiary/aromatic N) is 4. The van der Waals surface area contributed by atoms with E-state index in [1.807, 2.05) is 6.92 Å². The fourth-order valence-electron chi connectivity index (χ4n) is 4.74. The lowest BCUT2D eigenvalue weighted by Crippen LogP contribution is -2.19. The van der Waals surface area contributed by atoms with E-state index in [1.165, 1.54) is 96.9 Å². The predicted molar refractivity (Wildman–Crippen MR) is 183 cm³/mol. The van der Waals surface area contributed by atoms with Crippen LogP contribution in [0.1, 0.15) is 104 Å². The lowest BCUT2D eigenvalue weighted by Gasteiger charge is -2.21. The zero-order chi connectivity index (χ0) is 32.8. The third-order valence-electron chi connectivity index (χ3n) is 7.32. The molecule has 2 aromatic rings. The van der Waals surface area contributed by atoms with E-state index in [4.69, 9.17) is 35.4 Å². The summed E-state index contributed by atoms with van der Waals surface area (Å²) in [4.78, 5) is 23.7. The predicted octanol–water partition coefficient (Wildman–Crippen LogP) is 7.30. The molecular formula is C30H54N5O7PS2. The van der Waals surface area contributed by atoms with Crippen LogP contribution >= 0.6 is 7.60 Å². The Bertz CT molecular complexity index is 1170. The number of imidazole rings is 1. The summed E-state index contributed by atoms with van der Waals surface area (Å²) in [5.74, 6) is 1.80. The molecule has 0 aromatic carbocycles. The molecule has 12 nitrogen and oxygen atoms in total. The molecule has 2 heterocycles. The van der Waals surface area contributed by atoms with E-state index in [-0.39, 0.29) is 28.2 Å². The highest BCUT2D eigenvalue weighted by atomic mass is 32.8. The van der Waals surface area contributed by atoms with E-state index in [9.17, 15) is 9.36 Å². The van der Waals surface area contributed by atoms with Crippen molar-refractivity contribution in [3.63, 3.8) is 0 Å². The maximum absolute atomic E-state index is 13.4. The van der Waals surface area contributed by atoms with Crippen LogP contribution in [0.2, 0.25) is 0 Å². The molecule has 0 radical (unpaired) electrons. The molecule has 0 spiro atoms. The van der Waals surface area contributed by atoms with E-state index in [0.29, 0.717) is 23.5 Å². The van der Waals surface area contributed by atoms with Gasteiger partial charge in [0.15, 0.2) is 11.5 Å². The number of nitrogens with two attached hydrogens (primary N) is 1. The number of hydrogen-bond acceptors (Lipinski definition) is 12. The number of nitrogen functional groups attached to an aromatic ring is 1. The summed E-state index contributed by atoms with van der Waals surface area (Å²) >= 11 is 5.65. The van der Waals surface area contributed by atoms with Crippen molar-refractivity contribution in [3.8, 4) is 0 Å². The van der Waals surface area contributed by atoms with Gasteiger partial charge in [-0.15, -0.1) is 9.45 Å². The summed E-state index contributed by atoms with van der Waals surface area (Å²) in [6.45, 7) is 3.99. The average Bonchev–Trinajstić information content (AvgIpc) is 3.44. The number of aromatic nitrogens is 4. The first kappa shape index (κ1) is 39.5. The number of anilines is 1. The van der Waals surface area contributed by atoms with Crippen LogP contribution in [0.3, 0.4) is 0 Å². The monoisotopic (exact) mass is 691 g/mol. The summed E-state index contributed by atoms with van der Waals surface area (Å²) in [6, 6.07) is 0. The van der Waals surface area contributed by atoms with Crippen molar-refractivity contribution < 1.29 is 32.6 Å². The molecule has 0 aliphatic heterocycles.